The molecule has 164 valence electrons. The van der Waals surface area contributed by atoms with E-state index < -0.39 is 11.6 Å². The highest BCUT2D eigenvalue weighted by atomic mass is 19.2. The first-order valence-corrected chi connectivity index (χ1v) is 12.1. The summed E-state index contributed by atoms with van der Waals surface area (Å²) in [7, 11) is 1.43. The van der Waals surface area contributed by atoms with Gasteiger partial charge in [0.2, 0.25) is 5.82 Å². The van der Waals surface area contributed by atoms with Gasteiger partial charge in [0, 0.05) is 0 Å². The van der Waals surface area contributed by atoms with Crippen LogP contribution in [0.15, 0.2) is 6.07 Å². The third kappa shape index (κ3) is 5.33. The highest BCUT2D eigenvalue weighted by Gasteiger charge is 2.32. The molecule has 0 N–H and O–H groups in total. The van der Waals surface area contributed by atoms with Crippen molar-refractivity contribution in [2.45, 2.75) is 103 Å². The van der Waals surface area contributed by atoms with Gasteiger partial charge in [-0.2, -0.15) is 4.39 Å². The second-order valence-corrected chi connectivity index (χ2v) is 9.56. The van der Waals surface area contributed by atoms with E-state index in [9.17, 15) is 8.78 Å². The molecule has 1 aromatic carbocycles. The van der Waals surface area contributed by atoms with E-state index in [-0.39, 0.29) is 5.75 Å². The van der Waals surface area contributed by atoms with Gasteiger partial charge in [0.05, 0.1) is 7.11 Å². The van der Waals surface area contributed by atoms with Crippen LogP contribution in [-0.4, -0.2) is 7.11 Å². The molecular weight excluding hydrogens is 366 g/mol. The summed E-state index contributed by atoms with van der Waals surface area (Å²) in [6.45, 7) is 4.40. The summed E-state index contributed by atoms with van der Waals surface area (Å²) >= 11 is 0. The van der Waals surface area contributed by atoms with Crippen molar-refractivity contribution in [2.75, 3.05) is 7.11 Å². The third-order valence-electron chi connectivity index (χ3n) is 7.78. The van der Waals surface area contributed by atoms with Crippen molar-refractivity contribution in [3.8, 4) is 5.75 Å². The van der Waals surface area contributed by atoms with Crippen molar-refractivity contribution < 1.29 is 13.5 Å². The van der Waals surface area contributed by atoms with Crippen LogP contribution in [0.5, 0.6) is 5.75 Å². The number of halogens is 2. The van der Waals surface area contributed by atoms with Gasteiger partial charge in [0.1, 0.15) is 0 Å². The van der Waals surface area contributed by atoms with E-state index in [4.69, 9.17) is 4.74 Å². The predicted octanol–water partition coefficient (Wildman–Crippen LogP) is 8.20. The third-order valence-corrected chi connectivity index (χ3v) is 7.78. The van der Waals surface area contributed by atoms with Gasteiger partial charge in [-0.15, -0.1) is 0 Å². The van der Waals surface area contributed by atoms with Gasteiger partial charge in [0.25, 0.3) is 0 Å². The zero-order valence-electron chi connectivity index (χ0n) is 18.7. The molecule has 0 saturated heterocycles. The van der Waals surface area contributed by atoms with Crippen LogP contribution < -0.4 is 4.74 Å². The number of hydrogen-bond acceptors (Lipinski definition) is 1. The normalized spacial score (nSPS) is 27.8. The lowest BCUT2D eigenvalue weighted by Crippen LogP contribution is -2.25. The molecule has 3 rings (SSSR count). The van der Waals surface area contributed by atoms with Crippen molar-refractivity contribution in [2.24, 2.45) is 17.8 Å². The summed E-state index contributed by atoms with van der Waals surface area (Å²) in [5.74, 6) is 1.60. The fourth-order valence-electron chi connectivity index (χ4n) is 6.04. The Bertz CT molecular complexity index is 641. The zero-order chi connectivity index (χ0) is 20.8. The largest absolute Gasteiger partial charge is 0.494 e. The van der Waals surface area contributed by atoms with E-state index in [1.165, 1.54) is 58.5 Å². The van der Waals surface area contributed by atoms with Gasteiger partial charge < -0.3 is 4.74 Å². The van der Waals surface area contributed by atoms with Gasteiger partial charge in [-0.05, 0) is 92.2 Å². The van der Waals surface area contributed by atoms with E-state index in [0.29, 0.717) is 17.9 Å². The Morgan fingerprint density at radius 3 is 2.03 bits per heavy atom. The van der Waals surface area contributed by atoms with Crippen LogP contribution in [0.3, 0.4) is 0 Å². The molecule has 0 bridgehead atoms. The van der Waals surface area contributed by atoms with Crippen molar-refractivity contribution in [3.05, 3.63) is 28.8 Å². The number of hydrogen-bond donors (Lipinski definition) is 0. The summed E-state index contributed by atoms with van der Waals surface area (Å²) < 4.78 is 34.3. The van der Waals surface area contributed by atoms with Crippen LogP contribution >= 0.6 is 0 Å². The second-order valence-electron chi connectivity index (χ2n) is 9.56. The van der Waals surface area contributed by atoms with E-state index >= 15 is 0 Å². The molecule has 2 aliphatic rings. The molecule has 0 atom stereocenters. The number of ether oxygens (including phenoxy) is 1. The van der Waals surface area contributed by atoms with Crippen LogP contribution in [0.1, 0.15) is 108 Å². The average Bonchev–Trinajstić information content (AvgIpc) is 2.76. The zero-order valence-corrected chi connectivity index (χ0v) is 18.7. The quantitative estimate of drug-likeness (QED) is 0.423. The maximum Gasteiger partial charge on any atom is 0.200 e. The molecule has 2 fully saturated rings. The molecular formula is C26H40F2O. The molecule has 0 heterocycles. The fraction of sp³-hybridized carbons (Fsp3) is 0.769. The van der Waals surface area contributed by atoms with Crippen LogP contribution in [0.4, 0.5) is 8.78 Å². The molecule has 1 aromatic rings. The predicted molar refractivity (Wildman–Crippen MR) is 117 cm³/mol. The van der Waals surface area contributed by atoms with Crippen LogP contribution in [-0.2, 0) is 6.42 Å². The van der Waals surface area contributed by atoms with Crippen molar-refractivity contribution in [1.29, 1.82) is 0 Å². The minimum absolute atomic E-state index is 0.0640. The topological polar surface area (TPSA) is 9.23 Å². The van der Waals surface area contributed by atoms with Gasteiger partial charge >= 0.3 is 0 Å². The molecule has 0 radical (unpaired) electrons. The molecule has 3 heteroatoms. The maximum absolute atomic E-state index is 14.8. The van der Waals surface area contributed by atoms with Crippen LogP contribution in [0.25, 0.3) is 0 Å². The first kappa shape index (κ1) is 22.6. The Kier molecular flexibility index (Phi) is 8.38. The van der Waals surface area contributed by atoms with E-state index in [1.807, 2.05) is 0 Å². The summed E-state index contributed by atoms with van der Waals surface area (Å²) in [5.41, 5.74) is 1.62. The Balaban J connectivity index is 1.66. The Morgan fingerprint density at radius 1 is 0.862 bits per heavy atom. The molecule has 29 heavy (non-hydrogen) atoms. The Labute approximate surface area is 176 Å². The lowest BCUT2D eigenvalue weighted by atomic mass is 9.67. The van der Waals surface area contributed by atoms with E-state index in [1.54, 1.807) is 6.07 Å². The van der Waals surface area contributed by atoms with Crippen molar-refractivity contribution in [1.82, 2.24) is 0 Å². The summed E-state index contributed by atoms with van der Waals surface area (Å²) in [4.78, 5) is 0. The Hall–Kier alpha value is -1.12. The summed E-state index contributed by atoms with van der Waals surface area (Å²) in [5, 5.41) is 0. The SMILES string of the molecule is CCCCc1c(C2CCC(C3CCC(CCC)CC3)CC2)cc(OC)c(F)c1F. The summed E-state index contributed by atoms with van der Waals surface area (Å²) in [6.07, 6.45) is 15.5. The molecule has 2 aliphatic carbocycles. The fourth-order valence-corrected chi connectivity index (χ4v) is 6.04. The van der Waals surface area contributed by atoms with Crippen molar-refractivity contribution >= 4 is 0 Å². The number of unbranched alkanes of at least 4 members (excludes halogenated alkanes) is 1. The van der Waals surface area contributed by atoms with E-state index in [2.05, 4.69) is 13.8 Å². The van der Waals surface area contributed by atoms with Crippen LogP contribution in [0, 0.1) is 29.4 Å². The second kappa shape index (κ2) is 10.8. The smallest absolute Gasteiger partial charge is 0.200 e. The Morgan fingerprint density at radius 2 is 1.48 bits per heavy atom. The van der Waals surface area contributed by atoms with Gasteiger partial charge in [-0.3, -0.25) is 0 Å². The monoisotopic (exact) mass is 406 g/mol. The standard InChI is InChI=1S/C26H40F2O/c1-4-6-8-22-23(17-24(29-3)26(28)25(22)27)21-15-13-20(14-16-21)19-11-9-18(7-5-2)10-12-19/h17-21H,4-16H2,1-3H3. The average molecular weight is 407 g/mol. The molecule has 0 unspecified atom stereocenters. The number of methoxy groups -OCH3 is 1. The summed E-state index contributed by atoms with van der Waals surface area (Å²) in [6, 6.07) is 1.80. The lowest BCUT2D eigenvalue weighted by molar-refractivity contribution is 0.156. The van der Waals surface area contributed by atoms with E-state index in [0.717, 1.165) is 49.0 Å². The molecule has 0 amide bonds. The molecule has 1 nitrogen and oxygen atoms in total. The molecule has 0 aliphatic heterocycles. The maximum atomic E-state index is 14.8. The highest BCUT2D eigenvalue weighted by molar-refractivity contribution is 5.41. The number of benzene rings is 1. The van der Waals surface area contributed by atoms with Gasteiger partial charge in [-0.25, -0.2) is 4.39 Å². The molecule has 0 aromatic heterocycles. The minimum atomic E-state index is -0.820. The number of rotatable bonds is 8. The minimum Gasteiger partial charge on any atom is -0.494 e. The lowest BCUT2D eigenvalue weighted by Gasteiger charge is -2.38. The van der Waals surface area contributed by atoms with Gasteiger partial charge in [0.15, 0.2) is 11.6 Å². The molecule has 0 spiro atoms. The highest BCUT2D eigenvalue weighted by Crippen LogP contribution is 2.46. The first-order chi connectivity index (χ1) is 14.1. The first-order valence-electron chi connectivity index (χ1n) is 12.1. The van der Waals surface area contributed by atoms with Gasteiger partial charge in [-0.1, -0.05) is 46.0 Å². The van der Waals surface area contributed by atoms with Crippen molar-refractivity contribution in [3.63, 3.8) is 0 Å². The molecule has 2 saturated carbocycles. The van der Waals surface area contributed by atoms with Crippen LogP contribution in [0.2, 0.25) is 0 Å².